The fourth-order valence-electron chi connectivity index (χ4n) is 31.4. The van der Waals surface area contributed by atoms with Gasteiger partial charge in [0, 0.05) is 96.7 Å². The predicted octanol–water partition coefficient (Wildman–Crippen LogP) is 24.0. The molecule has 14 saturated heterocycles. The molecule has 0 aromatic rings. The van der Waals surface area contributed by atoms with Crippen molar-refractivity contribution in [1.82, 2.24) is 0 Å². The summed E-state index contributed by atoms with van der Waals surface area (Å²) in [4.78, 5) is 0. The molecule has 0 N–H and O–H groups in total. The Balaban J connectivity index is 0.000000183. The molecule has 21 atom stereocenters. The zero-order chi connectivity index (χ0) is 87.8. The quantitative estimate of drug-likeness (QED) is 0.194. The molecule has 10 heteroatoms. The van der Waals surface area contributed by atoms with Crippen LogP contribution in [-0.2, 0) is 0 Å². The van der Waals surface area contributed by atoms with Gasteiger partial charge in [-0.25, -0.2) is 0 Å². The minimum Gasteiger partial charge on any atom is -0.328 e. The van der Waals surface area contributed by atoms with Crippen LogP contribution in [0.2, 0.25) is 0 Å². The largest absolute Gasteiger partial charge is 0.328 e. The molecule has 0 radical (unpaired) electrons. The molecule has 0 aromatic carbocycles. The summed E-state index contributed by atoms with van der Waals surface area (Å²) in [5.41, 5.74) is 0. The Kier molecular flexibility index (Phi) is 42.5. The third-order valence-electron chi connectivity index (χ3n) is 38.0. The minimum atomic E-state index is 0.865. The average Bonchev–Trinajstić information content (AvgIpc) is 1.31. The Bertz CT molecular complexity index is 2630. The summed E-state index contributed by atoms with van der Waals surface area (Å²) in [6.45, 7) is 98.3. The molecule has 10 nitrogen and oxygen atoms in total. The molecule has 16 rings (SSSR count). The summed E-state index contributed by atoms with van der Waals surface area (Å²) >= 11 is 0. The first-order valence-electron chi connectivity index (χ1n) is 53.9. The van der Waals surface area contributed by atoms with Crippen LogP contribution in [0.3, 0.4) is 0 Å². The van der Waals surface area contributed by atoms with Crippen LogP contribution in [0, 0.1) is 71.0 Å². The van der Waals surface area contributed by atoms with Gasteiger partial charge in [-0.15, -0.1) is 0 Å². The zero-order valence-electron chi connectivity index (χ0n) is 86.8. The van der Waals surface area contributed by atoms with Crippen LogP contribution in [0.4, 0.5) is 0 Å². The molecule has 0 bridgehead atoms. The van der Waals surface area contributed by atoms with E-state index in [4.69, 9.17) is 0 Å². The van der Waals surface area contributed by atoms with Crippen molar-refractivity contribution < 1.29 is 44.8 Å². The first kappa shape index (κ1) is 105. The molecule has 21 unspecified atom stereocenters. The first-order chi connectivity index (χ1) is 56.1. The van der Waals surface area contributed by atoms with Crippen LogP contribution in [0.1, 0.15) is 353 Å². The van der Waals surface area contributed by atoms with Gasteiger partial charge in [0.1, 0.15) is 0 Å². The van der Waals surface area contributed by atoms with Crippen molar-refractivity contribution in [3.05, 3.63) is 24.3 Å². The molecule has 14 fully saturated rings. The number of hydrogen-bond donors (Lipinski definition) is 0. The number of quaternary nitrogens is 10. The van der Waals surface area contributed by atoms with Gasteiger partial charge in [0.05, 0.1) is 259 Å². The maximum Gasteiger partial charge on any atom is 0.0982 e. The van der Waals surface area contributed by atoms with Gasteiger partial charge in [0.25, 0.3) is 0 Å². The van der Waals surface area contributed by atoms with Gasteiger partial charge in [-0.3, -0.25) is 0 Å². The molecule has 16 aliphatic rings. The van der Waals surface area contributed by atoms with Crippen molar-refractivity contribution in [3.63, 3.8) is 0 Å². The van der Waals surface area contributed by atoms with E-state index in [1.807, 2.05) is 0 Å². The minimum absolute atomic E-state index is 0.865. The molecule has 119 heavy (non-hydrogen) atoms. The molecule has 0 aliphatic carbocycles. The highest BCUT2D eigenvalue weighted by Gasteiger charge is 2.48. The second kappa shape index (κ2) is 48.1. The van der Waals surface area contributed by atoms with E-state index < -0.39 is 0 Å². The van der Waals surface area contributed by atoms with Gasteiger partial charge >= 0.3 is 0 Å². The summed E-state index contributed by atoms with van der Waals surface area (Å²) < 4.78 is 13.8. The lowest BCUT2D eigenvalue weighted by Gasteiger charge is -2.53. The highest BCUT2D eigenvalue weighted by Crippen LogP contribution is 2.41. The maximum atomic E-state index is 2.49. The fraction of sp³-hybridized carbons (Fsp3) is 0.963. The molecule has 0 amide bonds. The molecule has 0 aromatic heterocycles. The Hall–Kier alpha value is -0.920. The summed E-state index contributed by atoms with van der Waals surface area (Å²) in [5.74, 6) is 11.3. The Morgan fingerprint density at radius 3 is 0.782 bits per heavy atom. The van der Waals surface area contributed by atoms with Gasteiger partial charge in [0.2, 0.25) is 0 Å². The number of piperidine rings is 12. The van der Waals surface area contributed by atoms with Crippen molar-refractivity contribution in [2.75, 3.05) is 205 Å². The summed E-state index contributed by atoms with van der Waals surface area (Å²) in [5, 5.41) is 0. The van der Waals surface area contributed by atoms with E-state index >= 15 is 0 Å². The smallest absolute Gasteiger partial charge is 0.0982 e. The SMILES string of the molecule is CC1CC(C)C[N+](C)(C)C1.CC1CC(C)C[N+]2(CC=CC2)C1.CC1CC(C)C[N+]2(CCCC2)C1.CC1CC(C)C[N+]2(CCCCC2)C1.CC1CCCC(C)[N+]1(C)C.CC1CCCC(C)[N+]12CC=CC2.CC1CCCC(C)[N+]12CCCC2.CC1CCCC(C)[N+]12CCCCC2.CC[N+]1(CC)CC(C)CC(C)C1.CC[N+]1(CC)CC(C)CC(C)C1C. The van der Waals surface area contributed by atoms with Crippen LogP contribution < -0.4 is 0 Å². The summed E-state index contributed by atoms with van der Waals surface area (Å²) in [6.07, 6.45) is 50.5. The van der Waals surface area contributed by atoms with Crippen molar-refractivity contribution >= 4 is 0 Å². The van der Waals surface area contributed by atoms with Crippen LogP contribution in [0.25, 0.3) is 0 Å². The molecular formula is C109H222N10+10. The molecule has 698 valence electrons. The van der Waals surface area contributed by atoms with E-state index in [1.165, 1.54) is 401 Å². The number of hydrogen-bond acceptors (Lipinski definition) is 0. The lowest BCUT2D eigenvalue weighted by molar-refractivity contribution is -0.978. The van der Waals surface area contributed by atoms with Gasteiger partial charge in [-0.2, -0.15) is 0 Å². The lowest BCUT2D eigenvalue weighted by Crippen LogP contribution is -2.63. The summed E-state index contributed by atoms with van der Waals surface area (Å²) in [7, 11) is 9.39. The highest BCUT2D eigenvalue weighted by molar-refractivity contribution is 4.93. The molecule has 16 heterocycles. The fourth-order valence-corrected chi connectivity index (χ4v) is 31.4. The highest BCUT2D eigenvalue weighted by atomic mass is 15.4. The topological polar surface area (TPSA) is 0 Å². The van der Waals surface area contributed by atoms with Crippen molar-refractivity contribution in [2.45, 2.75) is 407 Å². The predicted molar refractivity (Wildman–Crippen MR) is 523 cm³/mol. The van der Waals surface area contributed by atoms with Crippen molar-refractivity contribution in [3.8, 4) is 0 Å². The van der Waals surface area contributed by atoms with Crippen LogP contribution in [-0.4, -0.2) is 304 Å². The Morgan fingerprint density at radius 2 is 0.479 bits per heavy atom. The monoisotopic (exact) mass is 1670 g/mol. The lowest BCUT2D eigenvalue weighted by atomic mass is 9.83. The number of rotatable bonds is 4. The van der Waals surface area contributed by atoms with Crippen molar-refractivity contribution in [2.24, 2.45) is 71.0 Å². The van der Waals surface area contributed by atoms with Gasteiger partial charge in [0.15, 0.2) is 0 Å². The van der Waals surface area contributed by atoms with Crippen LogP contribution in [0.5, 0.6) is 0 Å². The van der Waals surface area contributed by atoms with E-state index in [-0.39, 0.29) is 0 Å². The van der Waals surface area contributed by atoms with Crippen LogP contribution >= 0.6 is 0 Å². The normalized spacial score (nSPS) is 39.1. The van der Waals surface area contributed by atoms with Crippen molar-refractivity contribution in [1.29, 1.82) is 0 Å². The maximum absolute atomic E-state index is 2.49. The van der Waals surface area contributed by atoms with E-state index in [0.717, 1.165) is 125 Å². The third-order valence-corrected chi connectivity index (χ3v) is 38.0. The molecule has 0 saturated carbocycles. The Labute approximate surface area is 747 Å². The van der Waals surface area contributed by atoms with E-state index in [9.17, 15) is 0 Å². The third kappa shape index (κ3) is 29.8. The molecular weight excluding hydrogens is 1450 g/mol. The average molecular weight is 1670 g/mol. The van der Waals surface area contributed by atoms with Crippen LogP contribution in [0.15, 0.2) is 24.3 Å². The zero-order valence-corrected chi connectivity index (χ0v) is 86.8. The number of likely N-dealkylation sites (tertiary alicyclic amines) is 4. The number of nitrogens with zero attached hydrogens (tertiary/aromatic N) is 10. The molecule has 6 spiro atoms. The second-order valence-corrected chi connectivity index (χ2v) is 49.5. The molecule has 16 aliphatic heterocycles. The van der Waals surface area contributed by atoms with Gasteiger partial charge in [-0.1, -0.05) is 83.1 Å². The van der Waals surface area contributed by atoms with Gasteiger partial charge < -0.3 is 44.8 Å². The Morgan fingerprint density at radius 1 is 0.227 bits per heavy atom. The first-order valence-corrected chi connectivity index (χ1v) is 53.9. The van der Waals surface area contributed by atoms with Gasteiger partial charge in [-0.05, 0) is 268 Å². The second-order valence-electron chi connectivity index (χ2n) is 49.5. The van der Waals surface area contributed by atoms with E-state index in [1.54, 1.807) is 0 Å². The summed E-state index contributed by atoms with van der Waals surface area (Å²) in [6, 6.07) is 8.19. The standard InChI is InChI=1S/2C12H24N.C12H26N.C11H22N.C11H20N.C11H22N.C11H20N.C11H24N.2C9H20N/c1-11-7-6-8-12(2)13(11)9-4-3-5-10-13;1-11-8-12(2)10-13(9-11)6-4-3-5-7-13;1-6-13(7-2)9-10(3)8-11(4)12(13)5;2*1-10-6-5-7-11(2)12(10)8-3-4-9-12;2*1-10-7-11(2)9-12(8-10)5-3-4-6-12;1-5-12(6-2)8-10(3)7-11(4)9-12;1-8-5-9(2)7-10(3,4)6-8;1-8-6-5-7-9(2)10(8,3)4/h2*11-12H,3-10H2,1-2H3;10-12H,6-9H2,1-5H3;10-11H,3-9H2,1-2H3;3-4,10-11H,5-9H2,1-2H3;10-11H,3-9H2,1-2H3;3-4,10-11H,5-9H2,1-2H3;10-11H,5-9H2,1-4H3;2*8-9H,5-7H2,1-4H3/q10*+1. The van der Waals surface area contributed by atoms with E-state index in [2.05, 4.69) is 226 Å². The van der Waals surface area contributed by atoms with E-state index in [0.29, 0.717) is 0 Å².